The highest BCUT2D eigenvalue weighted by Crippen LogP contribution is 2.20. The number of rotatable bonds is 4. The normalized spacial score (nSPS) is 10.1. The maximum absolute atomic E-state index is 11.9. The summed E-state index contributed by atoms with van der Waals surface area (Å²) in [4.78, 5) is 34.4. The highest BCUT2D eigenvalue weighted by atomic mass is 35.5. The van der Waals surface area contributed by atoms with Gasteiger partial charge in [0.15, 0.2) is 5.11 Å². The third-order valence-electron chi connectivity index (χ3n) is 2.36. The van der Waals surface area contributed by atoms with Crippen molar-refractivity contribution >= 4 is 58.3 Å². The van der Waals surface area contributed by atoms with Crippen molar-refractivity contribution in [2.24, 2.45) is 0 Å². The van der Waals surface area contributed by atoms with E-state index in [2.05, 4.69) is 20.9 Å². The second kappa shape index (κ2) is 9.86. The summed E-state index contributed by atoms with van der Waals surface area (Å²) >= 11 is 16.5. The molecule has 0 heterocycles. The summed E-state index contributed by atoms with van der Waals surface area (Å²) in [6, 6.07) is 4.35. The van der Waals surface area contributed by atoms with Crippen LogP contribution in [0.1, 0.15) is 17.3 Å². The van der Waals surface area contributed by atoms with Crippen LogP contribution in [0.25, 0.3) is 0 Å². The van der Waals surface area contributed by atoms with E-state index in [1.54, 1.807) is 6.92 Å². The van der Waals surface area contributed by atoms with Gasteiger partial charge in [-0.25, -0.2) is 4.79 Å². The lowest BCUT2D eigenvalue weighted by Crippen LogP contribution is -2.48. The Balaban J connectivity index is 2.47. The number of halogens is 2. The van der Waals surface area contributed by atoms with Crippen LogP contribution in [0.5, 0.6) is 0 Å². The van der Waals surface area contributed by atoms with E-state index in [0.717, 1.165) is 12.2 Å². The molecule has 0 aliphatic carbocycles. The van der Waals surface area contributed by atoms with Crippen molar-refractivity contribution in [2.45, 2.75) is 6.92 Å². The molecule has 2 amide bonds. The Morgan fingerprint density at radius 2 is 1.92 bits per heavy atom. The lowest BCUT2D eigenvalue weighted by molar-refractivity contribution is -0.137. The number of esters is 1. The van der Waals surface area contributed by atoms with Crippen molar-refractivity contribution < 1.29 is 19.1 Å². The van der Waals surface area contributed by atoms with Crippen LogP contribution in [0.2, 0.25) is 10.0 Å². The zero-order chi connectivity index (χ0) is 18.1. The monoisotopic (exact) mass is 389 g/mol. The molecule has 0 bridgehead atoms. The summed E-state index contributed by atoms with van der Waals surface area (Å²) in [5.41, 5.74) is 4.76. The minimum atomic E-state index is -0.667. The molecule has 0 fully saturated rings. The van der Waals surface area contributed by atoms with Gasteiger partial charge in [0.1, 0.15) is 0 Å². The molecule has 0 saturated heterocycles. The van der Waals surface area contributed by atoms with E-state index in [4.69, 9.17) is 35.4 Å². The molecule has 128 valence electrons. The van der Waals surface area contributed by atoms with Gasteiger partial charge in [0.2, 0.25) is 5.91 Å². The molecular weight excluding hydrogens is 377 g/mol. The zero-order valence-electron chi connectivity index (χ0n) is 12.4. The first-order chi connectivity index (χ1) is 11.3. The molecule has 24 heavy (non-hydrogen) atoms. The summed E-state index contributed by atoms with van der Waals surface area (Å²) in [5.74, 6) is -1.90. The third-order valence-corrected chi connectivity index (χ3v) is 3.11. The molecule has 7 nitrogen and oxygen atoms in total. The quantitative estimate of drug-likeness (QED) is 0.314. The molecular formula is C14H13Cl2N3O4S. The average molecular weight is 390 g/mol. The highest BCUT2D eigenvalue weighted by molar-refractivity contribution is 7.80. The van der Waals surface area contributed by atoms with Gasteiger partial charge < -0.3 is 4.74 Å². The minimum absolute atomic E-state index is 0.161. The molecule has 0 spiro atoms. The van der Waals surface area contributed by atoms with Gasteiger partial charge in [-0.3, -0.25) is 25.8 Å². The van der Waals surface area contributed by atoms with Gasteiger partial charge >= 0.3 is 5.97 Å². The summed E-state index contributed by atoms with van der Waals surface area (Å²) < 4.78 is 4.61. The number of hydrazine groups is 1. The van der Waals surface area contributed by atoms with Crippen LogP contribution in [0.3, 0.4) is 0 Å². The molecule has 0 saturated carbocycles. The summed E-state index contributed by atoms with van der Waals surface area (Å²) in [5, 5.41) is 2.60. The Morgan fingerprint density at radius 1 is 1.21 bits per heavy atom. The molecule has 1 aromatic carbocycles. The van der Waals surface area contributed by atoms with E-state index in [1.165, 1.54) is 18.2 Å². The number of ether oxygens (including phenoxy) is 1. The molecule has 1 aromatic rings. The molecule has 0 atom stereocenters. The summed E-state index contributed by atoms with van der Waals surface area (Å²) in [6.07, 6.45) is 1.90. The van der Waals surface area contributed by atoms with Gasteiger partial charge in [0.05, 0.1) is 17.2 Å². The lowest BCUT2D eigenvalue weighted by atomic mass is 10.2. The Morgan fingerprint density at radius 3 is 2.54 bits per heavy atom. The Bertz CT molecular complexity index is 695. The van der Waals surface area contributed by atoms with Gasteiger partial charge in [-0.2, -0.15) is 0 Å². The van der Waals surface area contributed by atoms with Crippen molar-refractivity contribution in [3.63, 3.8) is 0 Å². The smallest absolute Gasteiger partial charge is 0.330 e. The minimum Gasteiger partial charge on any atom is -0.463 e. The molecule has 10 heteroatoms. The van der Waals surface area contributed by atoms with Crippen LogP contribution in [0, 0.1) is 0 Å². The summed E-state index contributed by atoms with van der Waals surface area (Å²) in [7, 11) is 0. The van der Waals surface area contributed by atoms with E-state index >= 15 is 0 Å². The molecule has 0 unspecified atom stereocenters. The van der Waals surface area contributed by atoms with E-state index < -0.39 is 17.8 Å². The Kier molecular flexibility index (Phi) is 8.17. The van der Waals surface area contributed by atoms with Crippen molar-refractivity contribution in [1.82, 2.24) is 16.2 Å². The summed E-state index contributed by atoms with van der Waals surface area (Å²) in [6.45, 7) is 1.84. The van der Waals surface area contributed by atoms with Crippen LogP contribution in [0.15, 0.2) is 30.4 Å². The predicted octanol–water partition coefficient (Wildman–Crippen LogP) is 1.75. The molecule has 3 N–H and O–H groups in total. The van der Waals surface area contributed by atoms with Gasteiger partial charge in [-0.15, -0.1) is 0 Å². The molecule has 0 radical (unpaired) electrons. The highest BCUT2D eigenvalue weighted by Gasteiger charge is 2.11. The maximum Gasteiger partial charge on any atom is 0.330 e. The number of hydrogen-bond acceptors (Lipinski definition) is 5. The Hall–Kier alpha value is -2.16. The number of carbonyl (C=O) groups is 3. The largest absolute Gasteiger partial charge is 0.463 e. The van der Waals surface area contributed by atoms with Crippen LogP contribution in [-0.4, -0.2) is 29.5 Å². The van der Waals surface area contributed by atoms with Gasteiger partial charge in [-0.1, -0.05) is 23.2 Å². The number of amides is 2. The number of benzene rings is 1. The van der Waals surface area contributed by atoms with E-state index in [0.29, 0.717) is 5.02 Å². The fraction of sp³-hybridized carbons (Fsp3) is 0.143. The first kappa shape index (κ1) is 19.9. The average Bonchev–Trinajstić information content (AvgIpc) is 2.51. The molecule has 0 aliphatic heterocycles. The number of nitrogens with one attached hydrogen (secondary N) is 3. The Labute approximate surface area is 153 Å². The molecule has 0 aliphatic rings. The van der Waals surface area contributed by atoms with E-state index in [1.807, 2.05) is 0 Å². The first-order valence-corrected chi connectivity index (χ1v) is 7.71. The molecule has 1 rings (SSSR count). The van der Waals surface area contributed by atoms with Gasteiger partial charge in [0, 0.05) is 17.2 Å². The van der Waals surface area contributed by atoms with Crippen molar-refractivity contribution in [2.75, 3.05) is 6.61 Å². The van der Waals surface area contributed by atoms with Crippen LogP contribution in [-0.2, 0) is 14.3 Å². The van der Waals surface area contributed by atoms with Crippen LogP contribution in [0.4, 0.5) is 0 Å². The number of thiocarbonyl (C=S) groups is 1. The number of carbonyl (C=O) groups excluding carboxylic acids is 3. The molecule has 0 aromatic heterocycles. The lowest BCUT2D eigenvalue weighted by Gasteiger charge is -2.10. The van der Waals surface area contributed by atoms with Gasteiger partial charge in [0.25, 0.3) is 5.91 Å². The zero-order valence-corrected chi connectivity index (χ0v) is 14.7. The predicted molar refractivity (Wildman–Crippen MR) is 93.6 cm³/mol. The van der Waals surface area contributed by atoms with Crippen molar-refractivity contribution in [3.05, 3.63) is 46.0 Å². The fourth-order valence-corrected chi connectivity index (χ4v) is 2.02. The van der Waals surface area contributed by atoms with E-state index in [-0.39, 0.29) is 22.3 Å². The SMILES string of the molecule is CCOC(=O)C=CC(=O)NC(=S)NNC(=O)c1ccc(Cl)cc1Cl. The second-order valence-corrected chi connectivity index (χ2v) is 5.36. The number of hydrogen-bond donors (Lipinski definition) is 3. The van der Waals surface area contributed by atoms with Crippen LogP contribution >= 0.6 is 35.4 Å². The maximum atomic E-state index is 11.9. The standard InChI is InChI=1S/C14H13Cl2N3O4S/c1-2-23-12(21)6-5-11(20)17-14(24)19-18-13(22)9-4-3-8(15)7-10(9)16/h3-7H,2H2,1H3,(H,18,22)(H2,17,19,20,24). The van der Waals surface area contributed by atoms with Gasteiger partial charge in [-0.05, 0) is 37.3 Å². The van der Waals surface area contributed by atoms with Crippen LogP contribution < -0.4 is 16.2 Å². The van der Waals surface area contributed by atoms with Crippen molar-refractivity contribution in [3.8, 4) is 0 Å². The first-order valence-electron chi connectivity index (χ1n) is 6.54. The topological polar surface area (TPSA) is 96.5 Å². The van der Waals surface area contributed by atoms with Crippen molar-refractivity contribution in [1.29, 1.82) is 0 Å². The fourth-order valence-electron chi connectivity index (χ4n) is 1.37. The van der Waals surface area contributed by atoms with E-state index in [9.17, 15) is 14.4 Å². The third kappa shape index (κ3) is 6.95. The second-order valence-electron chi connectivity index (χ2n) is 4.11.